The molecule has 2 rings (SSSR count). The van der Waals surface area contributed by atoms with Crippen LogP contribution in [0.1, 0.15) is 34.1 Å². The zero-order chi connectivity index (χ0) is 17.1. The van der Waals surface area contributed by atoms with Crippen molar-refractivity contribution >= 4 is 17.8 Å². The summed E-state index contributed by atoms with van der Waals surface area (Å²) in [5, 5.41) is 0. The van der Waals surface area contributed by atoms with Crippen molar-refractivity contribution in [3.63, 3.8) is 0 Å². The van der Waals surface area contributed by atoms with E-state index in [0.29, 0.717) is 5.90 Å². The highest BCUT2D eigenvalue weighted by molar-refractivity contribution is 5.87. The Balaban J connectivity index is 2.34. The van der Waals surface area contributed by atoms with E-state index in [9.17, 15) is 9.59 Å². The number of esters is 2. The van der Waals surface area contributed by atoms with Gasteiger partial charge in [-0.25, -0.2) is 9.79 Å². The van der Waals surface area contributed by atoms with Gasteiger partial charge in [0, 0.05) is 19.9 Å². The van der Waals surface area contributed by atoms with Gasteiger partial charge in [-0.1, -0.05) is 13.8 Å². The number of nitrogens with zero attached hydrogens (tertiary/aromatic N) is 1. The second kappa shape index (κ2) is 7.02. The van der Waals surface area contributed by atoms with Crippen LogP contribution in [0.4, 0.5) is 0 Å². The first-order chi connectivity index (χ1) is 10.9. The molecule has 23 heavy (non-hydrogen) atoms. The number of hydrogen-bond acceptors (Lipinski definition) is 7. The molecule has 2 heterocycles. The first-order valence-electron chi connectivity index (χ1n) is 7.72. The fourth-order valence-electron chi connectivity index (χ4n) is 2.79. The van der Waals surface area contributed by atoms with Crippen LogP contribution in [-0.4, -0.2) is 49.3 Å². The molecule has 0 aromatic rings. The number of aliphatic imine (C=N–C) groups is 1. The second-order valence-corrected chi connectivity index (χ2v) is 5.79. The van der Waals surface area contributed by atoms with Gasteiger partial charge >= 0.3 is 11.9 Å². The Morgan fingerprint density at radius 2 is 2.09 bits per heavy atom. The molecule has 0 bridgehead atoms. The van der Waals surface area contributed by atoms with Gasteiger partial charge in [0.25, 0.3) is 0 Å². The topological polar surface area (TPSA) is 83.4 Å². The van der Waals surface area contributed by atoms with Gasteiger partial charge in [0.05, 0.1) is 7.11 Å². The van der Waals surface area contributed by atoms with Crippen molar-refractivity contribution in [2.24, 2.45) is 10.9 Å². The van der Waals surface area contributed by atoms with Crippen LogP contribution in [0.2, 0.25) is 0 Å². The highest BCUT2D eigenvalue weighted by atomic mass is 16.6. The molecule has 0 aromatic carbocycles. The molecule has 0 saturated heterocycles. The molecule has 0 N–H and O–H groups in total. The normalized spacial score (nSPS) is 28.3. The molecule has 0 saturated carbocycles. The van der Waals surface area contributed by atoms with Gasteiger partial charge in [0.15, 0.2) is 12.0 Å². The Morgan fingerprint density at radius 3 is 2.65 bits per heavy atom. The number of carbonyl (C=O) groups is 2. The minimum atomic E-state index is -0.601. The lowest BCUT2D eigenvalue weighted by atomic mass is 9.89. The van der Waals surface area contributed by atoms with Gasteiger partial charge in [-0.15, -0.1) is 0 Å². The smallest absolute Gasteiger partial charge is 0.373 e. The minimum absolute atomic E-state index is 0.0395. The molecule has 0 aromatic heterocycles. The maximum absolute atomic E-state index is 11.9. The Labute approximate surface area is 135 Å². The molecule has 0 aliphatic carbocycles. The van der Waals surface area contributed by atoms with Crippen LogP contribution in [0.5, 0.6) is 0 Å². The molecule has 0 amide bonds. The third-order valence-corrected chi connectivity index (χ3v) is 4.11. The summed E-state index contributed by atoms with van der Waals surface area (Å²) in [5.74, 6) is -0.375. The quantitative estimate of drug-likeness (QED) is 0.714. The van der Waals surface area contributed by atoms with E-state index in [1.807, 2.05) is 13.8 Å². The summed E-state index contributed by atoms with van der Waals surface area (Å²) in [6.07, 6.45) is 0.793. The average Bonchev–Trinajstić information content (AvgIpc) is 2.90. The summed E-state index contributed by atoms with van der Waals surface area (Å²) in [4.78, 5) is 27.8. The molecule has 2 aliphatic heterocycles. The van der Waals surface area contributed by atoms with Crippen LogP contribution in [0.15, 0.2) is 16.8 Å². The molecule has 0 radical (unpaired) electrons. The van der Waals surface area contributed by atoms with Crippen LogP contribution < -0.4 is 0 Å². The Bertz CT molecular complexity index is 541. The van der Waals surface area contributed by atoms with Crippen molar-refractivity contribution in [3.8, 4) is 0 Å². The second-order valence-electron chi connectivity index (χ2n) is 5.79. The van der Waals surface area contributed by atoms with Crippen molar-refractivity contribution in [2.45, 2.75) is 58.5 Å². The zero-order valence-electron chi connectivity index (χ0n) is 14.1. The first-order valence-corrected chi connectivity index (χ1v) is 7.72. The third-order valence-electron chi connectivity index (χ3n) is 4.11. The SMILES string of the molecule is CC[C@@H](C)[C@@H](OC(C)=O)C1OC(C(=O)OC)=CC2OC(C)=N[C@H]21. The van der Waals surface area contributed by atoms with Crippen molar-refractivity contribution in [1.82, 2.24) is 0 Å². The maximum Gasteiger partial charge on any atom is 0.373 e. The molecule has 5 atom stereocenters. The molecule has 2 unspecified atom stereocenters. The van der Waals surface area contributed by atoms with E-state index in [-0.39, 0.29) is 17.7 Å². The highest BCUT2D eigenvalue weighted by Gasteiger charge is 2.47. The van der Waals surface area contributed by atoms with Gasteiger partial charge in [0.1, 0.15) is 18.2 Å². The van der Waals surface area contributed by atoms with E-state index in [0.717, 1.165) is 6.42 Å². The molecule has 7 heteroatoms. The molecular formula is C16H23NO6. The predicted molar refractivity (Wildman–Crippen MR) is 81.8 cm³/mol. The summed E-state index contributed by atoms with van der Waals surface area (Å²) >= 11 is 0. The van der Waals surface area contributed by atoms with Gasteiger partial charge in [-0.3, -0.25) is 4.79 Å². The zero-order valence-corrected chi connectivity index (χ0v) is 14.1. The molecule has 7 nitrogen and oxygen atoms in total. The standard InChI is InChI=1S/C16H23NO6/c1-6-8(2)14(22-10(4)18)15-13-11(21-9(3)17-13)7-12(23-15)16(19)20-5/h7-8,11,13-15H,6H2,1-5H3/t8-,11?,13-,14-,15?/m1/s1. The predicted octanol–water partition coefficient (Wildman–Crippen LogP) is 1.61. The molecular weight excluding hydrogens is 302 g/mol. The number of fused-ring (bicyclic) bond motifs is 1. The van der Waals surface area contributed by atoms with Gasteiger partial charge < -0.3 is 18.9 Å². The van der Waals surface area contributed by atoms with E-state index in [1.165, 1.54) is 14.0 Å². The highest BCUT2D eigenvalue weighted by Crippen LogP contribution is 2.33. The van der Waals surface area contributed by atoms with E-state index >= 15 is 0 Å². The number of methoxy groups -OCH3 is 1. The number of hydrogen-bond donors (Lipinski definition) is 0. The minimum Gasteiger partial charge on any atom is -0.477 e. The fraction of sp³-hybridized carbons (Fsp3) is 0.688. The molecule has 0 spiro atoms. The lowest BCUT2D eigenvalue weighted by Gasteiger charge is -2.37. The Kier molecular flexibility index (Phi) is 5.28. The van der Waals surface area contributed by atoms with E-state index in [4.69, 9.17) is 18.9 Å². The van der Waals surface area contributed by atoms with Crippen LogP contribution in [0.3, 0.4) is 0 Å². The molecule has 0 fully saturated rings. The lowest BCUT2D eigenvalue weighted by Crippen LogP contribution is -2.50. The lowest BCUT2D eigenvalue weighted by molar-refractivity contribution is -0.163. The van der Waals surface area contributed by atoms with Crippen LogP contribution in [-0.2, 0) is 28.5 Å². The van der Waals surface area contributed by atoms with E-state index in [2.05, 4.69) is 4.99 Å². The first kappa shape index (κ1) is 17.3. The Morgan fingerprint density at radius 1 is 1.39 bits per heavy atom. The Hall–Kier alpha value is -2.05. The van der Waals surface area contributed by atoms with Gasteiger partial charge in [-0.2, -0.15) is 0 Å². The van der Waals surface area contributed by atoms with Crippen molar-refractivity contribution in [2.75, 3.05) is 7.11 Å². The summed E-state index contributed by atoms with van der Waals surface area (Å²) in [6.45, 7) is 7.06. The van der Waals surface area contributed by atoms with Gasteiger partial charge in [0.2, 0.25) is 5.76 Å². The number of rotatable bonds is 5. The average molecular weight is 325 g/mol. The summed E-state index contributed by atoms with van der Waals surface area (Å²) in [6, 6.07) is -0.359. The van der Waals surface area contributed by atoms with Crippen LogP contribution >= 0.6 is 0 Å². The number of carbonyl (C=O) groups excluding carboxylic acids is 2. The summed E-state index contributed by atoms with van der Waals surface area (Å²) in [7, 11) is 1.28. The third kappa shape index (κ3) is 3.65. The monoisotopic (exact) mass is 325 g/mol. The van der Waals surface area contributed by atoms with Crippen LogP contribution in [0.25, 0.3) is 0 Å². The number of ether oxygens (including phenoxy) is 4. The summed E-state index contributed by atoms with van der Waals surface area (Å²) in [5.41, 5.74) is 0. The molecule has 128 valence electrons. The van der Waals surface area contributed by atoms with Crippen molar-refractivity contribution < 1.29 is 28.5 Å². The maximum atomic E-state index is 11.9. The largest absolute Gasteiger partial charge is 0.477 e. The van der Waals surface area contributed by atoms with Crippen molar-refractivity contribution in [1.29, 1.82) is 0 Å². The van der Waals surface area contributed by atoms with Gasteiger partial charge in [-0.05, 0) is 12.3 Å². The van der Waals surface area contributed by atoms with E-state index < -0.39 is 30.3 Å². The van der Waals surface area contributed by atoms with Crippen molar-refractivity contribution in [3.05, 3.63) is 11.8 Å². The fourth-order valence-corrected chi connectivity index (χ4v) is 2.79. The summed E-state index contributed by atoms with van der Waals surface area (Å²) < 4.78 is 21.7. The van der Waals surface area contributed by atoms with Crippen LogP contribution in [0, 0.1) is 5.92 Å². The molecule has 2 aliphatic rings. The van der Waals surface area contributed by atoms with E-state index in [1.54, 1.807) is 13.0 Å².